The fourth-order valence-electron chi connectivity index (χ4n) is 6.39. The van der Waals surface area contributed by atoms with Crippen molar-refractivity contribution in [1.29, 1.82) is 0 Å². The molecule has 13 heteroatoms. The fraction of sp³-hybridized carbons (Fsp3) is 0.639. The number of aliphatic hydroxyl groups is 1. The van der Waals surface area contributed by atoms with Crippen LogP contribution >= 0.6 is 11.3 Å². The van der Waals surface area contributed by atoms with Crippen LogP contribution in [0.15, 0.2) is 29.6 Å². The van der Waals surface area contributed by atoms with Crippen molar-refractivity contribution in [3.8, 4) is 0 Å². The van der Waals surface area contributed by atoms with Crippen molar-refractivity contribution in [2.45, 2.75) is 103 Å². The van der Waals surface area contributed by atoms with Gasteiger partial charge >= 0.3 is 5.97 Å². The fourth-order valence-corrected chi connectivity index (χ4v) is 7.19. The Kier molecular flexibility index (Phi) is 15.1. The summed E-state index contributed by atoms with van der Waals surface area (Å²) in [5, 5.41) is 19.2. The number of likely N-dealkylation sites (N-methyl/N-ethyl adjacent to an activating group) is 2. The van der Waals surface area contributed by atoms with Gasteiger partial charge in [0.1, 0.15) is 28.7 Å². The Hall–Kier alpha value is -3.42. The maximum Gasteiger partial charge on any atom is 0.308 e. The molecule has 2 heterocycles. The average Bonchev–Trinajstić information content (AvgIpc) is 3.75. The third kappa shape index (κ3) is 11.0. The van der Waals surface area contributed by atoms with E-state index in [4.69, 9.17) is 4.74 Å². The summed E-state index contributed by atoms with van der Waals surface area (Å²) in [4.78, 5) is 60.7. The van der Waals surface area contributed by atoms with Crippen LogP contribution in [0.2, 0.25) is 0 Å². The molecule has 7 atom stereocenters. The lowest BCUT2D eigenvalue weighted by Gasteiger charge is -2.37. The van der Waals surface area contributed by atoms with Gasteiger partial charge in [-0.1, -0.05) is 53.2 Å². The van der Waals surface area contributed by atoms with Gasteiger partial charge < -0.3 is 25.4 Å². The van der Waals surface area contributed by atoms with E-state index in [0.717, 1.165) is 36.3 Å². The SMILES string of the molecule is CCC(C)[C@H](NC(=O)[C@H]1CCCN1C)C(=O)N(C)C(C[C@@H](O)c1nc(C(=O)N[C@@H](Cc2ccc(F)cc2)C[C@H](C)C(=O)OC)cs1)C(C)C. The molecule has 0 radical (unpaired) electrons. The molecule has 11 nitrogen and oxygen atoms in total. The Bertz CT molecular complexity index is 1400. The summed E-state index contributed by atoms with van der Waals surface area (Å²) >= 11 is 1.15. The largest absolute Gasteiger partial charge is 0.469 e. The Balaban J connectivity index is 1.71. The number of methoxy groups -OCH3 is 1. The van der Waals surface area contributed by atoms with Crippen LogP contribution in [0.1, 0.15) is 93.9 Å². The van der Waals surface area contributed by atoms with Gasteiger partial charge in [-0.05, 0) is 68.8 Å². The monoisotopic (exact) mass is 703 g/mol. The van der Waals surface area contributed by atoms with E-state index in [-0.39, 0.29) is 53.7 Å². The van der Waals surface area contributed by atoms with E-state index >= 15 is 0 Å². The molecule has 2 unspecified atom stereocenters. The van der Waals surface area contributed by atoms with E-state index in [9.17, 15) is 28.7 Å². The Labute approximate surface area is 294 Å². The maximum absolute atomic E-state index is 13.9. The van der Waals surface area contributed by atoms with Gasteiger partial charge in [0.05, 0.1) is 19.1 Å². The van der Waals surface area contributed by atoms with Gasteiger partial charge in [-0.25, -0.2) is 9.37 Å². The minimum absolute atomic E-state index is 0.0235. The summed E-state index contributed by atoms with van der Waals surface area (Å²) in [6.45, 7) is 10.5. The first-order valence-corrected chi connectivity index (χ1v) is 18.1. The highest BCUT2D eigenvalue weighted by Gasteiger charge is 2.37. The van der Waals surface area contributed by atoms with Crippen LogP contribution in [0, 0.1) is 23.6 Å². The number of rotatable bonds is 17. The number of nitrogens with one attached hydrogen (secondary N) is 2. The molecule has 2 aromatic rings. The first-order chi connectivity index (χ1) is 23.2. The number of halogens is 1. The second-order valence-corrected chi connectivity index (χ2v) is 14.6. The highest BCUT2D eigenvalue weighted by atomic mass is 32.1. The first kappa shape index (κ1) is 40.0. The molecule has 0 saturated carbocycles. The van der Waals surface area contributed by atoms with Crippen molar-refractivity contribution in [2.24, 2.45) is 17.8 Å². The van der Waals surface area contributed by atoms with Crippen molar-refractivity contribution < 1.29 is 33.4 Å². The minimum Gasteiger partial charge on any atom is -0.469 e. The second kappa shape index (κ2) is 18.5. The van der Waals surface area contributed by atoms with Crippen LogP contribution in [-0.2, 0) is 25.5 Å². The van der Waals surface area contributed by atoms with Gasteiger partial charge in [0.2, 0.25) is 11.8 Å². The minimum atomic E-state index is -1.05. The number of nitrogens with zero attached hydrogens (tertiary/aromatic N) is 3. The number of esters is 1. The molecule has 3 rings (SSSR count). The van der Waals surface area contributed by atoms with Crippen molar-refractivity contribution in [3.05, 3.63) is 51.7 Å². The van der Waals surface area contributed by atoms with E-state index in [2.05, 4.69) is 15.6 Å². The highest BCUT2D eigenvalue weighted by molar-refractivity contribution is 7.09. The molecule has 1 aromatic carbocycles. The summed E-state index contributed by atoms with van der Waals surface area (Å²) in [6, 6.07) is 4.16. The summed E-state index contributed by atoms with van der Waals surface area (Å²) in [6.07, 6.45) is 2.19. The summed E-state index contributed by atoms with van der Waals surface area (Å²) in [5.41, 5.74) is 0.911. The lowest BCUT2D eigenvalue weighted by molar-refractivity contribution is -0.145. The number of amides is 3. The molecule has 1 aliphatic heterocycles. The summed E-state index contributed by atoms with van der Waals surface area (Å²) < 4.78 is 18.4. The van der Waals surface area contributed by atoms with Crippen LogP contribution in [-0.4, -0.2) is 95.5 Å². The molecular formula is C36H54FN5O6S. The van der Waals surface area contributed by atoms with E-state index in [0.29, 0.717) is 24.3 Å². The third-order valence-corrected chi connectivity index (χ3v) is 10.6. The van der Waals surface area contributed by atoms with Gasteiger partial charge in [-0.3, -0.25) is 24.1 Å². The zero-order valence-electron chi connectivity index (χ0n) is 30.1. The van der Waals surface area contributed by atoms with Crippen molar-refractivity contribution in [2.75, 3.05) is 27.7 Å². The third-order valence-electron chi connectivity index (χ3n) is 9.69. The molecule has 3 amide bonds. The number of thiazole rings is 1. The number of carbonyl (C=O) groups excluding carboxylic acids is 4. The summed E-state index contributed by atoms with van der Waals surface area (Å²) in [5.74, 6) is -2.19. The predicted molar refractivity (Wildman–Crippen MR) is 187 cm³/mol. The number of benzene rings is 1. The topological polar surface area (TPSA) is 141 Å². The van der Waals surface area contributed by atoms with Gasteiger partial charge in [0, 0.05) is 30.9 Å². The summed E-state index contributed by atoms with van der Waals surface area (Å²) in [7, 11) is 4.94. The molecule has 1 aromatic heterocycles. The average molecular weight is 704 g/mol. The predicted octanol–water partition coefficient (Wildman–Crippen LogP) is 4.35. The van der Waals surface area contributed by atoms with Gasteiger partial charge in [-0.15, -0.1) is 11.3 Å². The molecule has 3 N–H and O–H groups in total. The van der Waals surface area contributed by atoms with Crippen molar-refractivity contribution in [3.63, 3.8) is 0 Å². The highest BCUT2D eigenvalue weighted by Crippen LogP contribution is 2.28. The number of ether oxygens (including phenoxy) is 1. The van der Waals surface area contributed by atoms with Crippen LogP contribution in [0.4, 0.5) is 4.39 Å². The van der Waals surface area contributed by atoms with E-state index in [1.165, 1.54) is 19.2 Å². The van der Waals surface area contributed by atoms with Crippen LogP contribution < -0.4 is 10.6 Å². The number of carbonyl (C=O) groups is 4. The normalized spacial score (nSPS) is 18.6. The standard InChI is InChI=1S/C36H54FN5O6S/c1-9-22(4)31(40-33(45)28-11-10-16-41(28)6)35(46)42(7)29(21(2)3)19-30(43)34-39-27(20-49-34)32(44)38-26(17-23(5)36(47)48-8)18-24-12-14-25(37)15-13-24/h12-15,20-23,26,28-31,43H,9-11,16-19H2,1-8H3,(H,38,44)(H,40,45)/t22?,23-,26+,28+,29?,30+,31-/m0/s1. The molecule has 1 fully saturated rings. The molecular weight excluding hydrogens is 649 g/mol. The smallest absolute Gasteiger partial charge is 0.308 e. The molecule has 272 valence electrons. The lowest BCUT2D eigenvalue weighted by atomic mass is 9.93. The Morgan fingerprint density at radius 3 is 2.37 bits per heavy atom. The number of likely N-dealkylation sites (tertiary alicyclic amines) is 1. The van der Waals surface area contributed by atoms with E-state index < -0.39 is 36.0 Å². The first-order valence-electron chi connectivity index (χ1n) is 17.2. The molecule has 1 saturated heterocycles. The zero-order valence-corrected chi connectivity index (χ0v) is 30.9. The molecule has 49 heavy (non-hydrogen) atoms. The zero-order chi connectivity index (χ0) is 36.4. The van der Waals surface area contributed by atoms with Crippen LogP contribution in [0.3, 0.4) is 0 Å². The lowest BCUT2D eigenvalue weighted by Crippen LogP contribution is -2.56. The molecule has 0 bridgehead atoms. The second-order valence-electron chi connectivity index (χ2n) is 13.8. The van der Waals surface area contributed by atoms with Gasteiger partial charge in [-0.2, -0.15) is 0 Å². The maximum atomic E-state index is 13.9. The number of hydrogen-bond donors (Lipinski definition) is 3. The molecule has 0 aliphatic carbocycles. The van der Waals surface area contributed by atoms with Crippen molar-refractivity contribution in [1.82, 2.24) is 25.4 Å². The quantitative estimate of drug-likeness (QED) is 0.207. The van der Waals surface area contributed by atoms with Crippen LogP contribution in [0.25, 0.3) is 0 Å². The number of aliphatic hydroxyl groups excluding tert-OH is 1. The Morgan fingerprint density at radius 1 is 1.12 bits per heavy atom. The van der Waals surface area contributed by atoms with Gasteiger partial charge in [0.25, 0.3) is 5.91 Å². The van der Waals surface area contributed by atoms with Crippen LogP contribution in [0.5, 0.6) is 0 Å². The Morgan fingerprint density at radius 2 is 1.80 bits per heavy atom. The molecule has 1 aliphatic rings. The van der Waals surface area contributed by atoms with E-state index in [1.54, 1.807) is 36.4 Å². The molecule has 0 spiro atoms. The van der Waals surface area contributed by atoms with Crippen molar-refractivity contribution >= 4 is 35.0 Å². The van der Waals surface area contributed by atoms with E-state index in [1.807, 2.05) is 39.6 Å². The van der Waals surface area contributed by atoms with Gasteiger partial charge in [0.15, 0.2) is 0 Å². The number of aromatic nitrogens is 1. The number of hydrogen-bond acceptors (Lipinski definition) is 9.